The van der Waals surface area contributed by atoms with Gasteiger partial charge in [-0.15, -0.1) is 0 Å². The van der Waals surface area contributed by atoms with Gasteiger partial charge in [-0.3, -0.25) is 0 Å². The van der Waals surface area contributed by atoms with Crippen molar-refractivity contribution in [2.24, 2.45) is 17.8 Å². The maximum Gasteiger partial charge on any atom is 0.337 e. The molecule has 0 spiro atoms. The van der Waals surface area contributed by atoms with Crippen molar-refractivity contribution < 1.29 is 9.90 Å². The molecule has 0 aromatic heterocycles. The Morgan fingerprint density at radius 3 is 2.60 bits per heavy atom. The summed E-state index contributed by atoms with van der Waals surface area (Å²) in [5.41, 5.74) is 5.06. The predicted molar refractivity (Wildman–Crippen MR) is 98.0 cm³/mol. The maximum absolute atomic E-state index is 11.8. The number of hydrogen-bond donors (Lipinski definition) is 2. The molecule has 3 aliphatic rings. The number of nitrogens with one attached hydrogen (secondary N) is 1. The number of carbonyl (C=O) groups is 1. The van der Waals surface area contributed by atoms with Gasteiger partial charge in [0.1, 0.15) is 0 Å². The lowest BCUT2D eigenvalue weighted by Gasteiger charge is -2.44. The topological polar surface area (TPSA) is 49.3 Å². The molecule has 2 saturated carbocycles. The second kappa shape index (κ2) is 5.35. The lowest BCUT2D eigenvalue weighted by Crippen LogP contribution is -2.36. The van der Waals surface area contributed by atoms with Crippen LogP contribution in [0.3, 0.4) is 0 Å². The molecule has 2 N–H and O–H groups in total. The fraction of sp³-hybridized carbons (Fsp3) is 0.409. The molecule has 1 heterocycles. The van der Waals surface area contributed by atoms with Gasteiger partial charge < -0.3 is 10.4 Å². The van der Waals surface area contributed by atoms with Crippen molar-refractivity contribution in [3.63, 3.8) is 0 Å². The van der Waals surface area contributed by atoms with Gasteiger partial charge in [0.05, 0.1) is 17.3 Å². The first-order chi connectivity index (χ1) is 12.1. The van der Waals surface area contributed by atoms with Crippen molar-refractivity contribution in [2.45, 2.75) is 38.1 Å². The van der Waals surface area contributed by atoms with Gasteiger partial charge in [-0.25, -0.2) is 4.79 Å². The molecule has 0 amide bonds. The van der Waals surface area contributed by atoms with E-state index in [1.54, 1.807) is 6.07 Å². The molecule has 2 bridgehead atoms. The summed E-state index contributed by atoms with van der Waals surface area (Å²) < 4.78 is 0. The number of hydrogen-bond acceptors (Lipinski definition) is 2. The Hall–Kier alpha value is -2.29. The van der Waals surface area contributed by atoms with Gasteiger partial charge in [0.15, 0.2) is 0 Å². The number of rotatable bonds is 2. The van der Waals surface area contributed by atoms with E-state index in [-0.39, 0.29) is 6.04 Å². The molecule has 2 fully saturated rings. The van der Waals surface area contributed by atoms with E-state index in [0.29, 0.717) is 23.3 Å². The smallest absolute Gasteiger partial charge is 0.337 e. The summed E-state index contributed by atoms with van der Waals surface area (Å²) in [4.78, 5) is 11.8. The minimum atomic E-state index is -0.839. The van der Waals surface area contributed by atoms with Crippen molar-refractivity contribution in [2.75, 3.05) is 5.32 Å². The molecule has 3 nitrogen and oxygen atoms in total. The van der Waals surface area contributed by atoms with E-state index < -0.39 is 5.97 Å². The van der Waals surface area contributed by atoms with Crippen molar-refractivity contribution in [1.29, 1.82) is 0 Å². The molecule has 25 heavy (non-hydrogen) atoms. The highest BCUT2D eigenvalue weighted by Crippen LogP contribution is 2.63. The van der Waals surface area contributed by atoms with E-state index in [9.17, 15) is 9.90 Å². The Bertz CT molecular complexity index is 842. The molecule has 1 aliphatic heterocycles. The van der Waals surface area contributed by atoms with E-state index >= 15 is 0 Å². The monoisotopic (exact) mass is 333 g/mol. The third kappa shape index (κ3) is 2.14. The van der Waals surface area contributed by atoms with Crippen LogP contribution in [0.2, 0.25) is 0 Å². The molecule has 5 rings (SSSR count). The largest absolute Gasteiger partial charge is 0.478 e. The summed E-state index contributed by atoms with van der Waals surface area (Å²) in [6.45, 7) is 2.11. The van der Waals surface area contributed by atoms with Crippen molar-refractivity contribution in [3.05, 3.63) is 64.7 Å². The summed E-state index contributed by atoms with van der Waals surface area (Å²) in [7, 11) is 0. The number of anilines is 1. The highest BCUT2D eigenvalue weighted by molar-refractivity contribution is 5.95. The first-order valence-corrected chi connectivity index (χ1v) is 9.33. The molecule has 128 valence electrons. The zero-order valence-corrected chi connectivity index (χ0v) is 14.4. The van der Waals surface area contributed by atoms with E-state index in [1.807, 2.05) is 6.07 Å². The Kier molecular flexibility index (Phi) is 3.21. The van der Waals surface area contributed by atoms with E-state index in [2.05, 4.69) is 42.6 Å². The number of aromatic carboxylic acids is 1. The molecule has 0 unspecified atom stereocenters. The van der Waals surface area contributed by atoms with Crippen LogP contribution in [0.15, 0.2) is 42.5 Å². The Morgan fingerprint density at radius 2 is 1.84 bits per heavy atom. The molecule has 2 aromatic rings. The molecule has 5 atom stereocenters. The van der Waals surface area contributed by atoms with Gasteiger partial charge in [-0.05, 0) is 67.1 Å². The third-order valence-corrected chi connectivity index (χ3v) is 6.79. The molecule has 0 saturated heterocycles. The first kappa shape index (κ1) is 15.0. The lowest BCUT2D eigenvalue weighted by molar-refractivity contribution is 0.0697. The molecule has 2 aliphatic carbocycles. The average Bonchev–Trinajstić information content (AvgIpc) is 3.23. The SMILES string of the molecule is Cc1ccc([C@@H]2Nc3c(C(=O)O)cccc3[C@@H]3[C@H]4CC[C@@H](C4)[C@@H]32)cc1. The van der Waals surface area contributed by atoms with Crippen LogP contribution in [0.25, 0.3) is 0 Å². The zero-order valence-electron chi connectivity index (χ0n) is 14.4. The average molecular weight is 333 g/mol. The van der Waals surface area contributed by atoms with Crippen LogP contribution in [0, 0.1) is 24.7 Å². The fourth-order valence-electron chi connectivity index (χ4n) is 5.80. The number of aryl methyl sites for hydroxylation is 1. The molecular weight excluding hydrogens is 310 g/mol. The van der Waals surface area contributed by atoms with Gasteiger partial charge in [-0.2, -0.15) is 0 Å². The highest BCUT2D eigenvalue weighted by Gasteiger charge is 2.54. The van der Waals surface area contributed by atoms with E-state index in [4.69, 9.17) is 0 Å². The summed E-state index contributed by atoms with van der Waals surface area (Å²) in [5, 5.41) is 13.3. The Labute approximate surface area is 148 Å². The minimum absolute atomic E-state index is 0.217. The standard InChI is InChI=1S/C22H23NO2/c1-12-5-7-13(8-6-12)20-19-15-10-9-14(11-15)18(19)16-3-2-4-17(22(24)25)21(16)23-20/h2-8,14-15,18-20,23H,9-11H2,1H3,(H,24,25)/t14-,15-,18-,19-,20-/m0/s1. The summed E-state index contributed by atoms with van der Waals surface area (Å²) in [5.74, 6) is 1.72. The second-order valence-corrected chi connectivity index (χ2v) is 8.04. The van der Waals surface area contributed by atoms with E-state index in [1.165, 1.54) is 36.0 Å². The van der Waals surface area contributed by atoms with E-state index in [0.717, 1.165) is 11.6 Å². The van der Waals surface area contributed by atoms with Gasteiger partial charge >= 0.3 is 5.97 Å². The number of fused-ring (bicyclic) bond motifs is 7. The number of carboxylic acids is 1. The predicted octanol–water partition coefficient (Wildman–Crippen LogP) is 4.99. The lowest BCUT2D eigenvalue weighted by atomic mass is 9.67. The summed E-state index contributed by atoms with van der Waals surface area (Å²) >= 11 is 0. The quantitative estimate of drug-likeness (QED) is 0.814. The second-order valence-electron chi connectivity index (χ2n) is 8.04. The van der Waals surface area contributed by atoms with Crippen molar-refractivity contribution in [1.82, 2.24) is 0 Å². The van der Waals surface area contributed by atoms with Gasteiger partial charge in [0.2, 0.25) is 0 Å². The Balaban J connectivity index is 1.67. The maximum atomic E-state index is 11.8. The molecule has 0 radical (unpaired) electrons. The van der Waals surface area contributed by atoms with Gasteiger partial charge in [0, 0.05) is 0 Å². The Morgan fingerprint density at radius 1 is 1.08 bits per heavy atom. The van der Waals surface area contributed by atoms with Crippen molar-refractivity contribution >= 4 is 11.7 Å². The zero-order chi connectivity index (χ0) is 17.1. The molecular formula is C22H23NO2. The van der Waals surface area contributed by atoms with Gasteiger partial charge in [-0.1, -0.05) is 42.0 Å². The van der Waals surface area contributed by atoms with Crippen LogP contribution in [0.4, 0.5) is 5.69 Å². The van der Waals surface area contributed by atoms with Crippen LogP contribution in [0.5, 0.6) is 0 Å². The number of benzene rings is 2. The van der Waals surface area contributed by atoms with Crippen LogP contribution in [0.1, 0.15) is 58.3 Å². The molecule has 2 aromatic carbocycles. The van der Waals surface area contributed by atoms with Crippen LogP contribution in [-0.2, 0) is 0 Å². The van der Waals surface area contributed by atoms with Crippen molar-refractivity contribution in [3.8, 4) is 0 Å². The summed E-state index contributed by atoms with van der Waals surface area (Å²) in [6, 6.07) is 14.8. The third-order valence-electron chi connectivity index (χ3n) is 6.79. The fourth-order valence-corrected chi connectivity index (χ4v) is 5.80. The molecule has 3 heteroatoms. The number of carboxylic acid groups (broad SMARTS) is 1. The van der Waals surface area contributed by atoms with Gasteiger partial charge in [0.25, 0.3) is 0 Å². The summed E-state index contributed by atoms with van der Waals surface area (Å²) in [6.07, 6.45) is 3.92. The highest BCUT2D eigenvalue weighted by atomic mass is 16.4. The van der Waals surface area contributed by atoms with Crippen LogP contribution >= 0.6 is 0 Å². The van der Waals surface area contributed by atoms with Crippen LogP contribution in [-0.4, -0.2) is 11.1 Å². The first-order valence-electron chi connectivity index (χ1n) is 9.33. The normalized spacial score (nSPS) is 32.0. The minimum Gasteiger partial charge on any atom is -0.478 e. The van der Waals surface area contributed by atoms with Crippen LogP contribution < -0.4 is 5.32 Å². The number of para-hydroxylation sites is 1.